The van der Waals surface area contributed by atoms with Crippen LogP contribution in [0.1, 0.15) is 11.8 Å². The van der Waals surface area contributed by atoms with E-state index in [1.54, 1.807) is 6.92 Å². The number of nitrogens with one attached hydrogen (secondary N) is 1. The van der Waals surface area contributed by atoms with Gasteiger partial charge in [0.15, 0.2) is 11.5 Å². The molecular formula is C12H13N3O3. The number of hydrogen-bond acceptors (Lipinski definition) is 6. The van der Waals surface area contributed by atoms with Crippen molar-refractivity contribution in [1.82, 2.24) is 10.2 Å². The molecule has 6 heteroatoms. The molecule has 0 spiro atoms. The van der Waals surface area contributed by atoms with E-state index in [2.05, 4.69) is 15.5 Å². The van der Waals surface area contributed by atoms with E-state index < -0.39 is 0 Å². The van der Waals surface area contributed by atoms with Crippen molar-refractivity contribution in [3.63, 3.8) is 0 Å². The first-order valence-corrected chi connectivity index (χ1v) is 5.74. The maximum Gasteiger partial charge on any atom is 0.235 e. The molecule has 1 aromatic carbocycles. The van der Waals surface area contributed by atoms with Gasteiger partial charge in [0.2, 0.25) is 11.8 Å². The Morgan fingerprint density at radius 2 is 2.00 bits per heavy atom. The molecule has 3 rings (SSSR count). The topological polar surface area (TPSA) is 69.4 Å². The van der Waals surface area contributed by atoms with Gasteiger partial charge >= 0.3 is 0 Å². The summed E-state index contributed by atoms with van der Waals surface area (Å²) >= 11 is 0. The van der Waals surface area contributed by atoms with Crippen molar-refractivity contribution in [2.75, 3.05) is 18.5 Å². The molecule has 2 aromatic rings. The Kier molecular flexibility index (Phi) is 2.76. The second kappa shape index (κ2) is 4.56. The van der Waals surface area contributed by atoms with Gasteiger partial charge in [0.05, 0.1) is 6.54 Å². The predicted molar refractivity (Wildman–Crippen MR) is 63.8 cm³/mol. The molecule has 0 bridgehead atoms. The van der Waals surface area contributed by atoms with E-state index in [0.29, 0.717) is 31.5 Å². The normalized spacial score (nSPS) is 13.4. The lowest BCUT2D eigenvalue weighted by Gasteiger charge is -2.19. The lowest BCUT2D eigenvalue weighted by molar-refractivity contribution is 0.171. The molecule has 0 aliphatic carbocycles. The number of anilines is 1. The van der Waals surface area contributed by atoms with Gasteiger partial charge in [0.25, 0.3) is 0 Å². The van der Waals surface area contributed by atoms with Crippen molar-refractivity contribution in [3.05, 3.63) is 30.0 Å². The Balaban J connectivity index is 1.69. The first kappa shape index (κ1) is 10.9. The van der Waals surface area contributed by atoms with Crippen LogP contribution in [0.15, 0.2) is 22.6 Å². The molecule has 1 N–H and O–H groups in total. The summed E-state index contributed by atoms with van der Waals surface area (Å²) in [7, 11) is 0. The van der Waals surface area contributed by atoms with Crippen LogP contribution in [-0.4, -0.2) is 23.4 Å². The molecule has 1 aromatic heterocycles. The maximum absolute atomic E-state index is 5.50. The highest BCUT2D eigenvalue weighted by atomic mass is 16.6. The van der Waals surface area contributed by atoms with E-state index in [-0.39, 0.29) is 0 Å². The van der Waals surface area contributed by atoms with Crippen LogP contribution in [0, 0.1) is 6.92 Å². The molecule has 94 valence electrons. The molecule has 0 atom stereocenters. The summed E-state index contributed by atoms with van der Waals surface area (Å²) in [5, 5.41) is 10.9. The van der Waals surface area contributed by atoms with Crippen molar-refractivity contribution >= 4 is 5.69 Å². The van der Waals surface area contributed by atoms with E-state index in [4.69, 9.17) is 13.9 Å². The number of aromatic nitrogens is 2. The van der Waals surface area contributed by atoms with E-state index >= 15 is 0 Å². The third-order valence-electron chi connectivity index (χ3n) is 2.55. The van der Waals surface area contributed by atoms with E-state index in [1.165, 1.54) is 0 Å². The molecule has 0 fully saturated rings. The summed E-state index contributed by atoms with van der Waals surface area (Å²) in [4.78, 5) is 0. The van der Waals surface area contributed by atoms with Crippen LogP contribution in [-0.2, 0) is 6.54 Å². The number of fused-ring (bicyclic) bond motifs is 1. The quantitative estimate of drug-likeness (QED) is 0.891. The lowest BCUT2D eigenvalue weighted by Crippen LogP contribution is -2.15. The highest BCUT2D eigenvalue weighted by Crippen LogP contribution is 2.32. The maximum atomic E-state index is 5.50. The highest BCUT2D eigenvalue weighted by molar-refractivity contribution is 5.55. The van der Waals surface area contributed by atoms with Gasteiger partial charge in [-0.3, -0.25) is 0 Å². The van der Waals surface area contributed by atoms with E-state index in [0.717, 1.165) is 17.2 Å². The van der Waals surface area contributed by atoms with Gasteiger partial charge in [-0.2, -0.15) is 0 Å². The smallest absolute Gasteiger partial charge is 0.235 e. The molecule has 0 saturated carbocycles. The van der Waals surface area contributed by atoms with E-state index in [1.807, 2.05) is 18.2 Å². The van der Waals surface area contributed by atoms with Crippen molar-refractivity contribution in [2.24, 2.45) is 0 Å². The van der Waals surface area contributed by atoms with Crippen molar-refractivity contribution in [2.45, 2.75) is 13.5 Å². The van der Waals surface area contributed by atoms with Crippen LogP contribution in [0.3, 0.4) is 0 Å². The second-order valence-electron chi connectivity index (χ2n) is 3.93. The Labute approximate surface area is 104 Å². The molecule has 0 radical (unpaired) electrons. The molecule has 1 aliphatic heterocycles. The summed E-state index contributed by atoms with van der Waals surface area (Å²) in [6, 6.07) is 5.71. The highest BCUT2D eigenvalue weighted by Gasteiger charge is 2.11. The van der Waals surface area contributed by atoms with Gasteiger partial charge in [-0.05, 0) is 12.1 Å². The largest absolute Gasteiger partial charge is 0.486 e. The Bertz CT molecular complexity index is 553. The monoisotopic (exact) mass is 247 g/mol. The first-order valence-electron chi connectivity index (χ1n) is 5.74. The predicted octanol–water partition coefficient (Wildman–Crippen LogP) is 1.76. The van der Waals surface area contributed by atoms with Crippen LogP contribution in [0.4, 0.5) is 5.69 Å². The minimum atomic E-state index is 0.487. The summed E-state index contributed by atoms with van der Waals surface area (Å²) in [5.74, 6) is 2.66. The first-order chi connectivity index (χ1) is 8.81. The zero-order valence-corrected chi connectivity index (χ0v) is 9.97. The fraction of sp³-hybridized carbons (Fsp3) is 0.333. The standard InChI is InChI=1S/C12H13N3O3/c1-8-14-15-12(18-8)7-13-9-2-3-10-11(6-9)17-5-4-16-10/h2-3,6,13H,4-5,7H2,1H3. The average molecular weight is 247 g/mol. The lowest BCUT2D eigenvalue weighted by atomic mass is 10.2. The van der Waals surface area contributed by atoms with Gasteiger partial charge in [-0.1, -0.05) is 0 Å². The summed E-state index contributed by atoms with van der Waals surface area (Å²) in [6.45, 7) is 3.43. The molecule has 0 amide bonds. The van der Waals surface area contributed by atoms with Gasteiger partial charge in [-0.15, -0.1) is 10.2 Å². The number of benzene rings is 1. The van der Waals surface area contributed by atoms with Crippen LogP contribution in [0.25, 0.3) is 0 Å². The fourth-order valence-corrected chi connectivity index (χ4v) is 1.74. The van der Waals surface area contributed by atoms with Crippen LogP contribution < -0.4 is 14.8 Å². The average Bonchev–Trinajstić information content (AvgIpc) is 2.82. The molecule has 0 unspecified atom stereocenters. The third kappa shape index (κ3) is 2.22. The van der Waals surface area contributed by atoms with Crippen molar-refractivity contribution < 1.29 is 13.9 Å². The van der Waals surface area contributed by atoms with Crippen molar-refractivity contribution in [1.29, 1.82) is 0 Å². The molecule has 2 heterocycles. The third-order valence-corrected chi connectivity index (χ3v) is 2.55. The number of rotatable bonds is 3. The fourth-order valence-electron chi connectivity index (χ4n) is 1.74. The summed E-state index contributed by atoms with van der Waals surface area (Å²) in [6.07, 6.45) is 0. The summed E-state index contributed by atoms with van der Waals surface area (Å²) < 4.78 is 16.2. The van der Waals surface area contributed by atoms with Crippen LogP contribution >= 0.6 is 0 Å². The molecule has 6 nitrogen and oxygen atoms in total. The van der Waals surface area contributed by atoms with Gasteiger partial charge in [0.1, 0.15) is 13.2 Å². The van der Waals surface area contributed by atoms with Gasteiger partial charge in [0, 0.05) is 18.7 Å². The van der Waals surface area contributed by atoms with Crippen LogP contribution in [0.2, 0.25) is 0 Å². The Morgan fingerprint density at radius 1 is 1.17 bits per heavy atom. The van der Waals surface area contributed by atoms with Crippen LogP contribution in [0.5, 0.6) is 11.5 Å². The minimum absolute atomic E-state index is 0.487. The van der Waals surface area contributed by atoms with Crippen molar-refractivity contribution in [3.8, 4) is 11.5 Å². The Morgan fingerprint density at radius 3 is 2.78 bits per heavy atom. The SMILES string of the molecule is Cc1nnc(CNc2ccc3c(c2)OCCO3)o1. The summed E-state index contributed by atoms with van der Waals surface area (Å²) in [5.41, 5.74) is 0.926. The molecular weight excluding hydrogens is 234 g/mol. The Hall–Kier alpha value is -2.24. The minimum Gasteiger partial charge on any atom is -0.486 e. The van der Waals surface area contributed by atoms with Gasteiger partial charge < -0.3 is 19.2 Å². The van der Waals surface area contributed by atoms with E-state index in [9.17, 15) is 0 Å². The zero-order valence-electron chi connectivity index (χ0n) is 9.97. The zero-order chi connectivity index (χ0) is 12.4. The molecule has 1 aliphatic rings. The number of nitrogens with zero attached hydrogens (tertiary/aromatic N) is 2. The number of hydrogen-bond donors (Lipinski definition) is 1. The number of ether oxygens (including phenoxy) is 2. The van der Waals surface area contributed by atoms with Gasteiger partial charge in [-0.25, -0.2) is 0 Å². The number of aryl methyl sites for hydroxylation is 1. The molecule has 0 saturated heterocycles. The molecule has 18 heavy (non-hydrogen) atoms. The second-order valence-corrected chi connectivity index (χ2v) is 3.93.